The predicted octanol–water partition coefficient (Wildman–Crippen LogP) is 3.77. The first-order chi connectivity index (χ1) is 6.77. The molecule has 0 atom stereocenters. The molecule has 0 bridgehead atoms. The highest BCUT2D eigenvalue weighted by Crippen LogP contribution is 2.31. The molecule has 3 heteroatoms. The Bertz CT molecular complexity index is 303. The molecule has 0 saturated heterocycles. The van der Waals surface area contributed by atoms with Gasteiger partial charge in [-0.15, -0.1) is 0 Å². The molecule has 1 saturated carbocycles. The molecule has 2 rings (SSSR count). The third-order valence-electron chi connectivity index (χ3n) is 2.61. The van der Waals surface area contributed by atoms with Gasteiger partial charge in [-0.25, -0.2) is 4.39 Å². The molecule has 0 N–H and O–H groups in total. The second kappa shape index (κ2) is 4.30. The first-order valence-electron chi connectivity index (χ1n) is 4.84. The lowest BCUT2D eigenvalue weighted by Crippen LogP contribution is -2.19. The summed E-state index contributed by atoms with van der Waals surface area (Å²) in [4.78, 5) is 0. The van der Waals surface area contributed by atoms with Gasteiger partial charge in [-0.3, -0.25) is 0 Å². The Morgan fingerprint density at radius 3 is 2.79 bits per heavy atom. The molecular weight excluding hydrogens is 247 g/mol. The third-order valence-corrected chi connectivity index (χ3v) is 3.23. The second-order valence-electron chi connectivity index (χ2n) is 3.66. The van der Waals surface area contributed by atoms with E-state index in [9.17, 15) is 4.39 Å². The van der Waals surface area contributed by atoms with Gasteiger partial charge in [0.05, 0.1) is 11.1 Å². The van der Waals surface area contributed by atoms with Crippen molar-refractivity contribution in [1.82, 2.24) is 0 Å². The molecule has 1 fully saturated rings. The summed E-state index contributed by atoms with van der Waals surface area (Å²) in [6.45, 7) is 0.638. The first kappa shape index (κ1) is 9.97. The predicted molar refractivity (Wildman–Crippen MR) is 56.9 cm³/mol. The molecule has 0 aromatic heterocycles. The first-order valence-corrected chi connectivity index (χ1v) is 5.63. The molecule has 0 heterocycles. The van der Waals surface area contributed by atoms with Crippen LogP contribution in [-0.4, -0.2) is 6.61 Å². The van der Waals surface area contributed by atoms with Gasteiger partial charge in [-0.1, -0.05) is 12.5 Å². The quantitative estimate of drug-likeness (QED) is 0.802. The van der Waals surface area contributed by atoms with E-state index in [2.05, 4.69) is 15.9 Å². The number of ether oxygens (including phenoxy) is 1. The van der Waals surface area contributed by atoms with E-state index in [1.54, 1.807) is 12.1 Å². The van der Waals surface area contributed by atoms with Gasteiger partial charge in [-0.2, -0.15) is 0 Å². The van der Waals surface area contributed by atoms with Crippen LogP contribution in [0.4, 0.5) is 4.39 Å². The summed E-state index contributed by atoms with van der Waals surface area (Å²) in [7, 11) is 0. The van der Waals surface area contributed by atoms with Gasteiger partial charge in [-0.05, 0) is 46.8 Å². The Morgan fingerprint density at radius 2 is 2.21 bits per heavy atom. The lowest BCUT2D eigenvalue weighted by Gasteiger charge is -2.25. The van der Waals surface area contributed by atoms with Crippen molar-refractivity contribution in [2.24, 2.45) is 5.92 Å². The second-order valence-corrected chi connectivity index (χ2v) is 4.51. The fourth-order valence-electron chi connectivity index (χ4n) is 1.48. The van der Waals surface area contributed by atoms with Gasteiger partial charge < -0.3 is 4.74 Å². The fourth-order valence-corrected chi connectivity index (χ4v) is 1.94. The molecule has 1 aliphatic rings. The van der Waals surface area contributed by atoms with Gasteiger partial charge in [0.25, 0.3) is 0 Å². The van der Waals surface area contributed by atoms with Crippen LogP contribution in [0.5, 0.6) is 5.75 Å². The standard InChI is InChI=1S/C11H12BrFO/c12-9-5-2-6-10(13)11(9)14-7-8-3-1-4-8/h2,5-6,8H,1,3-4,7H2. The van der Waals surface area contributed by atoms with Crippen molar-refractivity contribution >= 4 is 15.9 Å². The molecule has 14 heavy (non-hydrogen) atoms. The van der Waals surface area contributed by atoms with Crippen LogP contribution in [0.25, 0.3) is 0 Å². The van der Waals surface area contributed by atoms with Crippen LogP contribution in [0.1, 0.15) is 19.3 Å². The SMILES string of the molecule is Fc1cccc(Br)c1OCC1CCC1. The van der Waals surface area contributed by atoms with Gasteiger partial charge >= 0.3 is 0 Å². The minimum atomic E-state index is -0.293. The average molecular weight is 259 g/mol. The molecule has 1 aliphatic carbocycles. The summed E-state index contributed by atoms with van der Waals surface area (Å²) in [6, 6.07) is 4.87. The Hall–Kier alpha value is -0.570. The summed E-state index contributed by atoms with van der Waals surface area (Å²) in [5, 5.41) is 0. The number of hydrogen-bond acceptors (Lipinski definition) is 1. The van der Waals surface area contributed by atoms with Gasteiger partial charge in [0, 0.05) is 0 Å². The normalized spacial score (nSPS) is 16.4. The van der Waals surface area contributed by atoms with Crippen molar-refractivity contribution in [2.75, 3.05) is 6.61 Å². The minimum absolute atomic E-state index is 0.293. The maximum atomic E-state index is 13.3. The van der Waals surface area contributed by atoms with Gasteiger partial charge in [0.1, 0.15) is 0 Å². The van der Waals surface area contributed by atoms with Crippen LogP contribution in [0.3, 0.4) is 0 Å². The van der Waals surface area contributed by atoms with Crippen molar-refractivity contribution in [2.45, 2.75) is 19.3 Å². The highest BCUT2D eigenvalue weighted by molar-refractivity contribution is 9.10. The highest BCUT2D eigenvalue weighted by atomic mass is 79.9. The molecule has 0 amide bonds. The van der Waals surface area contributed by atoms with E-state index in [1.807, 2.05) is 0 Å². The van der Waals surface area contributed by atoms with E-state index >= 15 is 0 Å². The van der Waals surface area contributed by atoms with Crippen LogP contribution in [0.15, 0.2) is 22.7 Å². The summed E-state index contributed by atoms with van der Waals surface area (Å²) in [5.41, 5.74) is 0. The Labute approximate surface area is 91.4 Å². The molecule has 1 aromatic rings. The van der Waals surface area contributed by atoms with Crippen molar-refractivity contribution in [3.05, 3.63) is 28.5 Å². The van der Waals surface area contributed by atoms with Crippen LogP contribution in [0.2, 0.25) is 0 Å². The Balaban J connectivity index is 2.00. The molecule has 0 spiro atoms. The molecule has 0 unspecified atom stereocenters. The van der Waals surface area contributed by atoms with Crippen LogP contribution >= 0.6 is 15.9 Å². The van der Waals surface area contributed by atoms with E-state index in [0.717, 1.165) is 0 Å². The van der Waals surface area contributed by atoms with E-state index in [-0.39, 0.29) is 5.82 Å². The molecule has 0 radical (unpaired) electrons. The van der Waals surface area contributed by atoms with Crippen molar-refractivity contribution in [3.63, 3.8) is 0 Å². The summed E-state index contributed by atoms with van der Waals surface area (Å²) >= 11 is 3.27. The summed E-state index contributed by atoms with van der Waals surface area (Å²) in [6.07, 6.45) is 3.71. The zero-order valence-electron chi connectivity index (χ0n) is 7.80. The summed E-state index contributed by atoms with van der Waals surface area (Å²) < 4.78 is 19.4. The maximum Gasteiger partial charge on any atom is 0.169 e. The maximum absolute atomic E-state index is 13.3. The van der Waals surface area contributed by atoms with Gasteiger partial charge in [0.15, 0.2) is 11.6 Å². The zero-order chi connectivity index (χ0) is 9.97. The van der Waals surface area contributed by atoms with Crippen LogP contribution < -0.4 is 4.74 Å². The van der Waals surface area contributed by atoms with Crippen LogP contribution in [0, 0.1) is 11.7 Å². The number of hydrogen-bond donors (Lipinski definition) is 0. The molecule has 1 aromatic carbocycles. The number of rotatable bonds is 3. The molecular formula is C11H12BrFO. The zero-order valence-corrected chi connectivity index (χ0v) is 9.39. The Kier molecular flexibility index (Phi) is 3.06. The lowest BCUT2D eigenvalue weighted by molar-refractivity contribution is 0.174. The minimum Gasteiger partial charge on any atom is -0.489 e. The molecule has 76 valence electrons. The Morgan fingerprint density at radius 1 is 1.43 bits per heavy atom. The van der Waals surface area contributed by atoms with Crippen LogP contribution in [-0.2, 0) is 0 Å². The highest BCUT2D eigenvalue weighted by Gasteiger charge is 2.19. The van der Waals surface area contributed by atoms with E-state index in [4.69, 9.17) is 4.74 Å². The topological polar surface area (TPSA) is 9.23 Å². The lowest BCUT2D eigenvalue weighted by atomic mass is 9.86. The average Bonchev–Trinajstić information content (AvgIpc) is 2.07. The molecule has 0 aliphatic heterocycles. The molecule has 1 nitrogen and oxygen atoms in total. The van der Waals surface area contributed by atoms with Crippen molar-refractivity contribution in [1.29, 1.82) is 0 Å². The largest absolute Gasteiger partial charge is 0.489 e. The third kappa shape index (κ3) is 2.08. The van der Waals surface area contributed by atoms with Crippen molar-refractivity contribution < 1.29 is 9.13 Å². The van der Waals surface area contributed by atoms with Crippen molar-refractivity contribution in [3.8, 4) is 5.75 Å². The van der Waals surface area contributed by atoms with E-state index in [0.29, 0.717) is 22.7 Å². The number of halogens is 2. The van der Waals surface area contributed by atoms with E-state index < -0.39 is 0 Å². The summed E-state index contributed by atoms with van der Waals surface area (Å²) in [5.74, 6) is 0.680. The monoisotopic (exact) mass is 258 g/mol. The van der Waals surface area contributed by atoms with Gasteiger partial charge in [0.2, 0.25) is 0 Å². The number of para-hydroxylation sites is 1. The number of benzene rings is 1. The van der Waals surface area contributed by atoms with E-state index in [1.165, 1.54) is 25.3 Å². The smallest absolute Gasteiger partial charge is 0.169 e. The fraction of sp³-hybridized carbons (Fsp3) is 0.455.